The number of aromatic amines is 1. The molecule has 3 amide bonds. The van der Waals surface area contributed by atoms with Gasteiger partial charge in [-0.15, -0.1) is 0 Å². The molecule has 4 atom stereocenters. The molecular weight excluding hydrogens is 697 g/mol. The first kappa shape index (κ1) is 37.1. The van der Waals surface area contributed by atoms with E-state index < -0.39 is 19.8 Å². The normalized spacial score (nSPS) is 20.7. The molecule has 2 aliphatic heterocycles. The molecule has 1 spiro atoms. The highest BCUT2D eigenvalue weighted by Gasteiger charge is 2.66. The summed E-state index contributed by atoms with van der Waals surface area (Å²) in [5.41, 5.74) is 3.24. The van der Waals surface area contributed by atoms with Crippen LogP contribution in [-0.4, -0.2) is 74.2 Å². The van der Waals surface area contributed by atoms with E-state index in [1.54, 1.807) is 24.0 Å². The van der Waals surface area contributed by atoms with Crippen molar-refractivity contribution >= 4 is 53.3 Å². The fourth-order valence-corrected chi connectivity index (χ4v) is 12.9. The standard InChI is InChI=1S/C43H48N4O6Si/c1-28-41(54(4,5)33-18-16-32(52-3)17-19-33)38(25-40(50)47(21-22-48)27-29-11-7-6-8-12-29)53-43(28)35-24-31(15-20-37(35)46(2)42(43)51)45-39(49)23-30-26-44-36-14-10-9-13-34(30)36/h6-20,24,26,28,38,41,44,48H,21-23,25,27H2,1-5H3,(H,45,49)/t28-,38+,41-,43+/m1/s1. The lowest BCUT2D eigenvalue weighted by molar-refractivity contribution is -0.149. The number of hydrogen-bond acceptors (Lipinski definition) is 6. The summed E-state index contributed by atoms with van der Waals surface area (Å²) in [4.78, 5) is 48.9. The van der Waals surface area contributed by atoms with Crippen LogP contribution in [0.2, 0.25) is 18.6 Å². The monoisotopic (exact) mass is 744 g/mol. The van der Waals surface area contributed by atoms with E-state index in [1.807, 2.05) is 91.1 Å². The lowest BCUT2D eigenvalue weighted by atomic mass is 9.82. The van der Waals surface area contributed by atoms with Gasteiger partial charge in [0.2, 0.25) is 11.8 Å². The molecule has 11 heteroatoms. The first-order valence-electron chi connectivity index (χ1n) is 18.5. The zero-order valence-corrected chi connectivity index (χ0v) is 32.5. The Morgan fingerprint density at radius 1 is 1.02 bits per heavy atom. The summed E-state index contributed by atoms with van der Waals surface area (Å²) in [5.74, 6) is -0.0902. The van der Waals surface area contributed by atoms with Gasteiger partial charge in [0, 0.05) is 54.4 Å². The second kappa shape index (κ2) is 14.9. The minimum absolute atomic E-state index is 0.0452. The fourth-order valence-electron chi connectivity index (χ4n) is 8.87. The van der Waals surface area contributed by atoms with Crippen molar-refractivity contribution in [3.63, 3.8) is 0 Å². The van der Waals surface area contributed by atoms with Gasteiger partial charge >= 0.3 is 0 Å². The third kappa shape index (κ3) is 6.61. The number of rotatable bonds is 12. The number of aliphatic hydroxyl groups is 1. The lowest BCUT2D eigenvalue weighted by Crippen LogP contribution is -2.52. The molecule has 1 saturated heterocycles. The molecule has 0 saturated carbocycles. The van der Waals surface area contributed by atoms with Gasteiger partial charge in [0.25, 0.3) is 5.91 Å². The van der Waals surface area contributed by atoms with E-state index in [0.29, 0.717) is 23.5 Å². The van der Waals surface area contributed by atoms with Crippen LogP contribution in [0.15, 0.2) is 103 Å². The van der Waals surface area contributed by atoms with E-state index in [2.05, 4.69) is 42.5 Å². The maximum absolute atomic E-state index is 14.6. The first-order valence-corrected chi connectivity index (χ1v) is 21.6. The van der Waals surface area contributed by atoms with Crippen LogP contribution in [-0.2, 0) is 37.7 Å². The first-order chi connectivity index (χ1) is 26.0. The molecule has 0 bridgehead atoms. The molecule has 0 radical (unpaired) electrons. The Hall–Kier alpha value is -5.23. The number of amides is 3. The quantitative estimate of drug-likeness (QED) is 0.136. The van der Waals surface area contributed by atoms with Gasteiger partial charge in [0.1, 0.15) is 5.75 Å². The lowest BCUT2D eigenvalue weighted by Gasteiger charge is -2.37. The number of nitrogens with zero attached hydrogens (tertiary/aromatic N) is 2. The summed E-state index contributed by atoms with van der Waals surface area (Å²) >= 11 is 0. The van der Waals surface area contributed by atoms with Gasteiger partial charge in [0.15, 0.2) is 5.60 Å². The minimum Gasteiger partial charge on any atom is -0.497 e. The van der Waals surface area contributed by atoms with Gasteiger partial charge in [-0.1, -0.05) is 85.9 Å². The zero-order valence-electron chi connectivity index (χ0n) is 31.5. The number of anilines is 2. The number of aromatic nitrogens is 1. The number of fused-ring (bicyclic) bond motifs is 3. The van der Waals surface area contributed by atoms with Crippen LogP contribution in [0.5, 0.6) is 5.75 Å². The van der Waals surface area contributed by atoms with Crippen molar-refractivity contribution in [3.8, 4) is 5.75 Å². The SMILES string of the molecule is COc1ccc([Si](C)(C)[C@H]2[C@H](CC(=O)N(CCO)Cc3ccccc3)O[C@@]3(C(=O)N(C)c4ccc(NC(=O)Cc5c[nH]c6ccccc56)cc43)[C@@H]2C)cc1. The van der Waals surface area contributed by atoms with Gasteiger partial charge in [-0.2, -0.15) is 0 Å². The second-order valence-electron chi connectivity index (χ2n) is 15.1. The van der Waals surface area contributed by atoms with Gasteiger partial charge in [-0.25, -0.2) is 0 Å². The summed E-state index contributed by atoms with van der Waals surface area (Å²) < 4.78 is 12.6. The van der Waals surface area contributed by atoms with Crippen LogP contribution in [0, 0.1) is 5.92 Å². The van der Waals surface area contributed by atoms with E-state index in [1.165, 1.54) is 0 Å². The van der Waals surface area contributed by atoms with Crippen molar-refractivity contribution < 1.29 is 29.0 Å². The summed E-state index contributed by atoms with van der Waals surface area (Å²) in [6, 6.07) is 31.2. The smallest absolute Gasteiger partial charge is 0.264 e. The molecule has 1 fully saturated rings. The number of H-pyrrole nitrogens is 1. The minimum atomic E-state index is -2.51. The van der Waals surface area contributed by atoms with E-state index in [0.717, 1.165) is 33.0 Å². The van der Waals surface area contributed by atoms with Crippen molar-refractivity contribution in [2.24, 2.45) is 5.92 Å². The molecule has 4 aromatic carbocycles. The number of nitrogens with one attached hydrogen (secondary N) is 2. The van der Waals surface area contributed by atoms with Gasteiger partial charge in [0.05, 0.1) is 46.4 Å². The molecule has 2 aliphatic rings. The van der Waals surface area contributed by atoms with Gasteiger partial charge in [-0.3, -0.25) is 14.4 Å². The highest BCUT2D eigenvalue weighted by Crippen LogP contribution is 2.60. The number of likely N-dealkylation sites (N-methyl/N-ethyl adjacent to an activating group) is 1. The topological polar surface area (TPSA) is 124 Å². The third-order valence-electron chi connectivity index (χ3n) is 11.6. The molecule has 3 heterocycles. The van der Waals surface area contributed by atoms with E-state index in [9.17, 15) is 19.5 Å². The second-order valence-corrected chi connectivity index (χ2v) is 19.8. The molecule has 0 unspecified atom stereocenters. The fraction of sp³-hybridized carbons (Fsp3) is 0.326. The van der Waals surface area contributed by atoms with Crippen molar-refractivity contribution in [1.82, 2.24) is 9.88 Å². The van der Waals surface area contributed by atoms with Gasteiger partial charge in [-0.05, 0) is 53.1 Å². The summed E-state index contributed by atoms with van der Waals surface area (Å²) in [7, 11) is 0.883. The van der Waals surface area contributed by atoms with E-state index >= 15 is 0 Å². The molecule has 3 N–H and O–H groups in total. The largest absolute Gasteiger partial charge is 0.497 e. The predicted molar refractivity (Wildman–Crippen MR) is 214 cm³/mol. The molecule has 54 heavy (non-hydrogen) atoms. The Labute approximate surface area is 317 Å². The number of aliphatic hydroxyl groups excluding tert-OH is 1. The Bertz CT molecular complexity index is 2170. The molecular formula is C43H48N4O6Si. The Morgan fingerprint density at radius 2 is 1.74 bits per heavy atom. The van der Waals surface area contributed by atoms with Crippen LogP contribution in [0.25, 0.3) is 10.9 Å². The summed E-state index contributed by atoms with van der Waals surface area (Å²) in [6.07, 6.45) is 1.49. The Kier molecular flexibility index (Phi) is 10.2. The maximum Gasteiger partial charge on any atom is 0.264 e. The van der Waals surface area contributed by atoms with E-state index in [4.69, 9.17) is 9.47 Å². The highest BCUT2D eigenvalue weighted by atomic mass is 28.3. The average Bonchev–Trinajstić information content (AvgIpc) is 3.78. The number of para-hydroxylation sites is 1. The van der Waals surface area contributed by atoms with Crippen LogP contribution < -0.4 is 20.1 Å². The Morgan fingerprint density at radius 3 is 2.46 bits per heavy atom. The van der Waals surface area contributed by atoms with Crippen LogP contribution in [0.3, 0.4) is 0 Å². The van der Waals surface area contributed by atoms with Crippen molar-refractivity contribution in [3.05, 3.63) is 120 Å². The maximum atomic E-state index is 14.6. The van der Waals surface area contributed by atoms with Crippen molar-refractivity contribution in [2.45, 2.75) is 56.7 Å². The number of carbonyl (C=O) groups excluding carboxylic acids is 3. The predicted octanol–water partition coefficient (Wildman–Crippen LogP) is 5.96. The molecule has 0 aliphatic carbocycles. The van der Waals surface area contributed by atoms with Crippen LogP contribution in [0.4, 0.5) is 11.4 Å². The number of hydrogen-bond donors (Lipinski definition) is 3. The average molecular weight is 745 g/mol. The zero-order chi connectivity index (χ0) is 38.2. The summed E-state index contributed by atoms with van der Waals surface area (Å²) in [6.45, 7) is 6.98. The Balaban J connectivity index is 1.24. The number of benzene rings is 4. The van der Waals surface area contributed by atoms with Crippen molar-refractivity contribution in [1.29, 1.82) is 0 Å². The van der Waals surface area contributed by atoms with Crippen LogP contribution in [0.1, 0.15) is 30.0 Å². The summed E-state index contributed by atoms with van der Waals surface area (Å²) in [5, 5.41) is 15.2. The molecule has 1 aromatic heterocycles. The van der Waals surface area contributed by atoms with Crippen molar-refractivity contribution in [2.75, 3.05) is 37.5 Å². The number of ether oxygens (including phenoxy) is 2. The van der Waals surface area contributed by atoms with Gasteiger partial charge < -0.3 is 34.7 Å². The molecule has 7 rings (SSSR count). The number of methoxy groups -OCH3 is 1. The number of carbonyl (C=O) groups is 3. The molecule has 5 aromatic rings. The van der Waals surface area contributed by atoms with Crippen LogP contribution >= 0.6 is 0 Å². The molecule has 10 nitrogen and oxygen atoms in total. The van der Waals surface area contributed by atoms with E-state index in [-0.39, 0.29) is 55.2 Å². The molecule has 280 valence electrons. The third-order valence-corrected chi connectivity index (χ3v) is 15.9. The highest BCUT2D eigenvalue weighted by molar-refractivity contribution is 6.91.